The second-order valence-electron chi connectivity index (χ2n) is 12.0. The number of aromatic nitrogens is 5. The highest BCUT2D eigenvalue weighted by molar-refractivity contribution is 5.84. The number of hydrogen-bond acceptors (Lipinski definition) is 5. The summed E-state index contributed by atoms with van der Waals surface area (Å²) in [6.45, 7) is 6.11. The minimum atomic E-state index is -0.642. The summed E-state index contributed by atoms with van der Waals surface area (Å²) in [6.07, 6.45) is 5.54. The van der Waals surface area contributed by atoms with Crippen LogP contribution >= 0.6 is 0 Å². The number of aryl methyl sites for hydroxylation is 2. The van der Waals surface area contributed by atoms with Gasteiger partial charge in [-0.15, -0.1) is 10.2 Å². The van der Waals surface area contributed by atoms with Crippen LogP contribution in [-0.4, -0.2) is 43.5 Å². The van der Waals surface area contributed by atoms with Gasteiger partial charge in [-0.1, -0.05) is 48.5 Å². The molecule has 0 saturated heterocycles. The maximum absolute atomic E-state index is 13.2. The molecule has 0 saturated carbocycles. The first-order valence-electron chi connectivity index (χ1n) is 14.9. The van der Waals surface area contributed by atoms with Gasteiger partial charge in [-0.3, -0.25) is 0 Å². The number of benzene rings is 3. The number of carbonyl (C=O) groups excluding carboxylic acids is 1. The molecule has 6 aromatic rings. The van der Waals surface area contributed by atoms with Crippen LogP contribution in [-0.2, 0) is 30.5 Å². The molecule has 1 atom stereocenters. The van der Waals surface area contributed by atoms with Crippen LogP contribution in [0.3, 0.4) is 0 Å². The molecule has 0 fully saturated rings. The number of fused-ring (bicyclic) bond motifs is 2. The minimum Gasteiger partial charge on any atom is -0.497 e. The number of carbonyl (C=O) groups is 1. The normalized spacial score (nSPS) is 12.5. The Morgan fingerprint density at radius 1 is 0.864 bits per heavy atom. The van der Waals surface area contributed by atoms with Crippen molar-refractivity contribution in [2.24, 2.45) is 0 Å². The summed E-state index contributed by atoms with van der Waals surface area (Å²) >= 11 is 0. The Labute approximate surface area is 256 Å². The maximum Gasteiger partial charge on any atom is 0.408 e. The molecule has 0 aliphatic heterocycles. The number of aromatic amines is 2. The van der Waals surface area contributed by atoms with Crippen LogP contribution in [0, 0.1) is 0 Å². The maximum atomic E-state index is 13.2. The average Bonchev–Trinajstić information content (AvgIpc) is 3.72. The van der Waals surface area contributed by atoms with E-state index in [0.717, 1.165) is 45.5 Å². The van der Waals surface area contributed by atoms with Gasteiger partial charge in [0, 0.05) is 47.0 Å². The highest BCUT2D eigenvalue weighted by Crippen LogP contribution is 2.27. The van der Waals surface area contributed by atoms with Crippen LogP contribution in [0.25, 0.3) is 21.8 Å². The molecular formula is C35H38N6O3. The van der Waals surface area contributed by atoms with E-state index in [-0.39, 0.29) is 0 Å². The second kappa shape index (κ2) is 12.3. The van der Waals surface area contributed by atoms with Crippen molar-refractivity contribution in [3.8, 4) is 5.75 Å². The van der Waals surface area contributed by atoms with E-state index in [9.17, 15) is 4.79 Å². The number of para-hydroxylation sites is 2. The van der Waals surface area contributed by atoms with Crippen molar-refractivity contribution in [3.05, 3.63) is 114 Å². The molecule has 0 aliphatic carbocycles. The lowest BCUT2D eigenvalue weighted by Crippen LogP contribution is -2.37. The molecule has 226 valence electrons. The Bertz CT molecular complexity index is 1880. The molecule has 6 rings (SSSR count). The lowest BCUT2D eigenvalue weighted by atomic mass is 10.0. The first kappa shape index (κ1) is 29.0. The van der Waals surface area contributed by atoms with Gasteiger partial charge >= 0.3 is 6.09 Å². The predicted octanol–water partition coefficient (Wildman–Crippen LogP) is 6.89. The molecule has 3 heterocycles. The SMILES string of the molecule is COc1ccc(Cn2c(CCc3c[nH]c4ccccc34)nnc2C(Cc2c[nH]c3ccccc23)NC(=O)OC(C)(C)C)cc1. The Morgan fingerprint density at radius 3 is 2.16 bits per heavy atom. The van der Waals surface area contributed by atoms with Crippen LogP contribution < -0.4 is 10.1 Å². The molecule has 0 radical (unpaired) electrons. The Kier molecular flexibility index (Phi) is 8.11. The van der Waals surface area contributed by atoms with Gasteiger partial charge in [0.1, 0.15) is 17.2 Å². The minimum absolute atomic E-state index is 0.489. The summed E-state index contributed by atoms with van der Waals surface area (Å²) < 4.78 is 13.2. The van der Waals surface area contributed by atoms with E-state index in [1.165, 1.54) is 10.9 Å². The van der Waals surface area contributed by atoms with Gasteiger partial charge < -0.3 is 29.3 Å². The smallest absolute Gasteiger partial charge is 0.408 e. The third-order valence-electron chi connectivity index (χ3n) is 7.75. The van der Waals surface area contributed by atoms with Crippen LogP contribution in [0.2, 0.25) is 0 Å². The number of ether oxygens (including phenoxy) is 2. The number of alkyl carbamates (subject to hydrolysis) is 1. The van der Waals surface area contributed by atoms with Crippen LogP contribution in [0.1, 0.15) is 55.2 Å². The molecule has 44 heavy (non-hydrogen) atoms. The van der Waals surface area contributed by atoms with Crippen LogP contribution in [0.4, 0.5) is 4.79 Å². The van der Waals surface area contributed by atoms with Crippen molar-refractivity contribution in [2.75, 3.05) is 7.11 Å². The molecule has 0 bridgehead atoms. The Morgan fingerprint density at radius 2 is 1.50 bits per heavy atom. The predicted molar refractivity (Wildman–Crippen MR) is 172 cm³/mol. The number of nitrogens with zero attached hydrogens (tertiary/aromatic N) is 3. The van der Waals surface area contributed by atoms with Crippen molar-refractivity contribution in [1.82, 2.24) is 30.0 Å². The van der Waals surface area contributed by atoms with E-state index in [1.54, 1.807) is 7.11 Å². The highest BCUT2D eigenvalue weighted by atomic mass is 16.6. The third kappa shape index (κ3) is 6.46. The molecule has 0 spiro atoms. The van der Waals surface area contributed by atoms with Gasteiger partial charge in [0.2, 0.25) is 0 Å². The molecule has 3 aromatic carbocycles. The van der Waals surface area contributed by atoms with Crippen molar-refractivity contribution in [1.29, 1.82) is 0 Å². The molecular weight excluding hydrogens is 552 g/mol. The number of H-pyrrole nitrogens is 2. The third-order valence-corrected chi connectivity index (χ3v) is 7.75. The molecule has 3 aromatic heterocycles. The molecule has 3 N–H and O–H groups in total. The summed E-state index contributed by atoms with van der Waals surface area (Å²) in [7, 11) is 1.66. The summed E-state index contributed by atoms with van der Waals surface area (Å²) in [4.78, 5) is 19.9. The zero-order valence-electron chi connectivity index (χ0n) is 25.6. The molecule has 1 unspecified atom stereocenters. The van der Waals surface area contributed by atoms with Gasteiger partial charge in [-0.25, -0.2) is 4.79 Å². The number of amides is 1. The zero-order valence-corrected chi connectivity index (χ0v) is 25.6. The van der Waals surface area contributed by atoms with Gasteiger partial charge in [0.05, 0.1) is 19.7 Å². The van der Waals surface area contributed by atoms with Crippen LogP contribution in [0.5, 0.6) is 5.75 Å². The fourth-order valence-electron chi connectivity index (χ4n) is 5.64. The monoisotopic (exact) mass is 590 g/mol. The fraction of sp³-hybridized carbons (Fsp3) is 0.286. The van der Waals surface area contributed by atoms with Crippen molar-refractivity contribution in [2.45, 2.75) is 58.2 Å². The second-order valence-corrected chi connectivity index (χ2v) is 12.0. The summed E-state index contributed by atoms with van der Waals surface area (Å²) in [5.41, 5.74) is 4.88. The van der Waals surface area contributed by atoms with Gasteiger partial charge in [-0.05, 0) is 68.1 Å². The molecule has 1 amide bonds. The number of nitrogens with one attached hydrogen (secondary N) is 3. The lowest BCUT2D eigenvalue weighted by Gasteiger charge is -2.24. The molecule has 9 heteroatoms. The Balaban J connectivity index is 1.37. The topological polar surface area (TPSA) is 110 Å². The number of methoxy groups -OCH3 is 1. The van der Waals surface area contributed by atoms with Gasteiger partial charge in [-0.2, -0.15) is 0 Å². The van der Waals surface area contributed by atoms with Crippen LogP contribution in [0.15, 0.2) is 85.2 Å². The Hall–Kier alpha value is -5.05. The van der Waals surface area contributed by atoms with E-state index in [4.69, 9.17) is 19.7 Å². The van der Waals surface area contributed by atoms with Crippen molar-refractivity contribution in [3.63, 3.8) is 0 Å². The van der Waals surface area contributed by atoms with E-state index in [2.05, 4.69) is 50.3 Å². The van der Waals surface area contributed by atoms with E-state index in [0.29, 0.717) is 25.2 Å². The molecule has 9 nitrogen and oxygen atoms in total. The van der Waals surface area contributed by atoms with E-state index in [1.807, 2.05) is 75.5 Å². The van der Waals surface area contributed by atoms with Crippen molar-refractivity contribution >= 4 is 27.9 Å². The first-order chi connectivity index (χ1) is 21.3. The quantitative estimate of drug-likeness (QED) is 0.161. The number of rotatable bonds is 10. The summed E-state index contributed by atoms with van der Waals surface area (Å²) in [6, 6.07) is 24.0. The van der Waals surface area contributed by atoms with Gasteiger partial charge in [0.25, 0.3) is 0 Å². The average molecular weight is 591 g/mol. The standard InChI is InChI=1S/C35H38N6O3/c1-35(2,3)44-34(42)38-31(19-25-21-37-30-12-8-6-10-28(25)30)33-40-39-32(41(33)22-23-13-16-26(43-4)17-14-23)18-15-24-20-36-29-11-7-5-9-27(24)29/h5-14,16-17,20-21,31,36-37H,15,18-19,22H2,1-4H3,(H,38,42). The van der Waals surface area contributed by atoms with E-state index < -0.39 is 17.7 Å². The van der Waals surface area contributed by atoms with Gasteiger partial charge in [0.15, 0.2) is 5.82 Å². The summed E-state index contributed by atoms with van der Waals surface area (Å²) in [5.74, 6) is 2.31. The highest BCUT2D eigenvalue weighted by Gasteiger charge is 2.27. The number of hydrogen-bond donors (Lipinski definition) is 3. The zero-order chi connectivity index (χ0) is 30.7. The fourth-order valence-corrected chi connectivity index (χ4v) is 5.64. The largest absolute Gasteiger partial charge is 0.497 e. The first-order valence-corrected chi connectivity index (χ1v) is 14.9. The molecule has 0 aliphatic rings. The summed E-state index contributed by atoms with van der Waals surface area (Å²) in [5, 5.41) is 14.8. The lowest BCUT2D eigenvalue weighted by molar-refractivity contribution is 0.0500. The van der Waals surface area contributed by atoms with Crippen molar-refractivity contribution < 1.29 is 14.3 Å². The van der Waals surface area contributed by atoms with E-state index >= 15 is 0 Å².